The number of methoxy groups -OCH3 is 1. The molecule has 5 heteroatoms. The number of nitrogens with one attached hydrogen (secondary N) is 1. The highest BCUT2D eigenvalue weighted by Gasteiger charge is 2.13. The molecule has 20 heavy (non-hydrogen) atoms. The van der Waals surface area contributed by atoms with E-state index >= 15 is 0 Å². The molecule has 1 amide bonds. The molecule has 2 aromatic carbocycles. The second-order valence-corrected chi connectivity index (χ2v) is 4.41. The van der Waals surface area contributed by atoms with Gasteiger partial charge in [0.15, 0.2) is 0 Å². The van der Waals surface area contributed by atoms with Gasteiger partial charge in [0.05, 0.1) is 12.7 Å². The number of nitrogen functional groups attached to an aromatic ring is 1. The number of nitrogens with two attached hydrogens (primary N) is 1. The number of ether oxygens (including phenoxy) is 1. The van der Waals surface area contributed by atoms with Gasteiger partial charge in [0.2, 0.25) is 0 Å². The third kappa shape index (κ3) is 2.83. The van der Waals surface area contributed by atoms with Crippen LogP contribution in [0.4, 0.5) is 11.4 Å². The van der Waals surface area contributed by atoms with Crippen molar-refractivity contribution in [1.29, 1.82) is 0 Å². The van der Waals surface area contributed by atoms with E-state index in [1.807, 2.05) is 6.92 Å². The van der Waals surface area contributed by atoms with Crippen molar-refractivity contribution >= 4 is 17.3 Å². The van der Waals surface area contributed by atoms with Crippen molar-refractivity contribution < 1.29 is 14.6 Å². The van der Waals surface area contributed by atoms with Gasteiger partial charge in [-0.3, -0.25) is 4.79 Å². The third-order valence-corrected chi connectivity index (χ3v) is 2.98. The normalized spacial score (nSPS) is 10.1. The highest BCUT2D eigenvalue weighted by molar-refractivity contribution is 6.06. The summed E-state index contributed by atoms with van der Waals surface area (Å²) in [6.45, 7) is 1.86. The average molecular weight is 272 g/mol. The van der Waals surface area contributed by atoms with Crippen LogP contribution in [0.15, 0.2) is 36.4 Å². The van der Waals surface area contributed by atoms with Gasteiger partial charge >= 0.3 is 0 Å². The summed E-state index contributed by atoms with van der Waals surface area (Å²) in [4.78, 5) is 12.1. The monoisotopic (exact) mass is 272 g/mol. The lowest BCUT2D eigenvalue weighted by Crippen LogP contribution is -2.12. The first-order valence-electron chi connectivity index (χ1n) is 6.05. The number of anilines is 2. The van der Waals surface area contributed by atoms with E-state index in [-0.39, 0.29) is 11.3 Å². The predicted octanol–water partition coefficient (Wildman–Crippen LogP) is 2.54. The first-order valence-corrected chi connectivity index (χ1v) is 6.05. The average Bonchev–Trinajstić information content (AvgIpc) is 2.43. The number of phenols is 1. The Balaban J connectivity index is 2.25. The molecule has 4 N–H and O–H groups in total. The van der Waals surface area contributed by atoms with E-state index in [4.69, 9.17) is 10.5 Å². The molecule has 0 fully saturated rings. The summed E-state index contributed by atoms with van der Waals surface area (Å²) >= 11 is 0. The maximum atomic E-state index is 12.1. The van der Waals surface area contributed by atoms with Crippen molar-refractivity contribution in [3.05, 3.63) is 47.5 Å². The summed E-state index contributed by atoms with van der Waals surface area (Å²) in [5.74, 6) is -0.0116. The maximum absolute atomic E-state index is 12.1. The number of benzene rings is 2. The molecule has 0 unspecified atom stereocenters. The standard InChI is InChI=1S/C15H16N2O3/c1-9-7-10(3-5-13(9)16)17-15(19)12-8-11(20-2)4-6-14(12)18/h3-8,18H,16H2,1-2H3,(H,17,19). The molecule has 0 aliphatic carbocycles. The van der Waals surface area contributed by atoms with Crippen molar-refractivity contribution in [2.45, 2.75) is 6.92 Å². The molecule has 0 saturated carbocycles. The summed E-state index contributed by atoms with van der Waals surface area (Å²) in [7, 11) is 1.50. The second-order valence-electron chi connectivity index (χ2n) is 4.41. The predicted molar refractivity (Wildman–Crippen MR) is 78.2 cm³/mol. The first-order chi connectivity index (χ1) is 9.51. The molecule has 0 aromatic heterocycles. The van der Waals surface area contributed by atoms with Crippen LogP contribution in [0.3, 0.4) is 0 Å². The molecular formula is C15H16N2O3. The largest absolute Gasteiger partial charge is 0.507 e. The molecule has 0 aliphatic heterocycles. The summed E-state index contributed by atoms with van der Waals surface area (Å²) < 4.78 is 5.04. The minimum atomic E-state index is -0.412. The van der Waals surface area contributed by atoms with Crippen LogP contribution < -0.4 is 15.8 Å². The quantitative estimate of drug-likeness (QED) is 0.750. The number of aromatic hydroxyl groups is 1. The molecule has 0 atom stereocenters. The Kier molecular flexibility index (Phi) is 3.79. The lowest BCUT2D eigenvalue weighted by molar-refractivity contribution is 0.102. The number of hydrogen-bond acceptors (Lipinski definition) is 4. The Morgan fingerprint density at radius 1 is 1.25 bits per heavy atom. The lowest BCUT2D eigenvalue weighted by Gasteiger charge is -2.09. The molecular weight excluding hydrogens is 256 g/mol. The van der Waals surface area contributed by atoms with Gasteiger partial charge in [0.1, 0.15) is 11.5 Å². The number of hydrogen-bond donors (Lipinski definition) is 3. The Morgan fingerprint density at radius 2 is 2.00 bits per heavy atom. The molecule has 2 aromatic rings. The molecule has 0 bridgehead atoms. The van der Waals surface area contributed by atoms with Crippen LogP contribution in [0.25, 0.3) is 0 Å². The van der Waals surface area contributed by atoms with Crippen molar-refractivity contribution in [3.63, 3.8) is 0 Å². The second kappa shape index (κ2) is 5.52. The molecule has 0 heterocycles. The summed E-state index contributed by atoms with van der Waals surface area (Å²) in [5.41, 5.74) is 8.02. The fourth-order valence-electron chi connectivity index (χ4n) is 1.78. The molecule has 0 aliphatic rings. The number of carbonyl (C=O) groups excluding carboxylic acids is 1. The fraction of sp³-hybridized carbons (Fsp3) is 0.133. The fourth-order valence-corrected chi connectivity index (χ4v) is 1.78. The van der Waals surface area contributed by atoms with Crippen LogP contribution in [0.1, 0.15) is 15.9 Å². The molecule has 0 saturated heterocycles. The van der Waals surface area contributed by atoms with Gasteiger partial charge in [0.25, 0.3) is 5.91 Å². The molecule has 2 rings (SSSR count). The highest BCUT2D eigenvalue weighted by Crippen LogP contribution is 2.24. The molecule has 0 radical (unpaired) electrons. The number of amides is 1. The zero-order valence-corrected chi connectivity index (χ0v) is 11.3. The van der Waals surface area contributed by atoms with E-state index in [2.05, 4.69) is 5.32 Å². The Bertz CT molecular complexity index is 654. The summed E-state index contributed by atoms with van der Waals surface area (Å²) in [6.07, 6.45) is 0. The van der Waals surface area contributed by atoms with E-state index in [0.29, 0.717) is 17.1 Å². The van der Waals surface area contributed by atoms with Crippen LogP contribution in [-0.2, 0) is 0 Å². The van der Waals surface area contributed by atoms with Crippen molar-refractivity contribution in [1.82, 2.24) is 0 Å². The van der Waals surface area contributed by atoms with Gasteiger partial charge in [-0.2, -0.15) is 0 Å². The van der Waals surface area contributed by atoms with Crippen LogP contribution in [-0.4, -0.2) is 18.1 Å². The van der Waals surface area contributed by atoms with E-state index in [1.165, 1.54) is 19.2 Å². The topological polar surface area (TPSA) is 84.6 Å². The molecule has 104 valence electrons. The van der Waals surface area contributed by atoms with Gasteiger partial charge in [-0.25, -0.2) is 0 Å². The Labute approximate surface area is 117 Å². The summed E-state index contributed by atoms with van der Waals surface area (Å²) in [5, 5.41) is 12.4. The van der Waals surface area contributed by atoms with E-state index < -0.39 is 5.91 Å². The van der Waals surface area contributed by atoms with Gasteiger partial charge in [0, 0.05) is 11.4 Å². The Hall–Kier alpha value is -2.69. The van der Waals surface area contributed by atoms with Gasteiger partial charge < -0.3 is 20.9 Å². The minimum Gasteiger partial charge on any atom is -0.507 e. The van der Waals surface area contributed by atoms with Gasteiger partial charge in [-0.15, -0.1) is 0 Å². The molecule has 5 nitrogen and oxygen atoms in total. The molecule has 0 spiro atoms. The van der Waals surface area contributed by atoms with Crippen LogP contribution >= 0.6 is 0 Å². The number of phenolic OH excluding ortho intramolecular Hbond substituents is 1. The van der Waals surface area contributed by atoms with E-state index in [9.17, 15) is 9.90 Å². The minimum absolute atomic E-state index is 0.101. The first kappa shape index (κ1) is 13.7. The van der Waals surface area contributed by atoms with E-state index in [1.54, 1.807) is 24.3 Å². The summed E-state index contributed by atoms with van der Waals surface area (Å²) in [6, 6.07) is 9.68. The highest BCUT2D eigenvalue weighted by atomic mass is 16.5. The van der Waals surface area contributed by atoms with Gasteiger partial charge in [-0.1, -0.05) is 0 Å². The van der Waals surface area contributed by atoms with Crippen molar-refractivity contribution in [2.24, 2.45) is 0 Å². The van der Waals surface area contributed by atoms with Crippen LogP contribution in [0.2, 0.25) is 0 Å². The third-order valence-electron chi connectivity index (χ3n) is 2.98. The maximum Gasteiger partial charge on any atom is 0.259 e. The lowest BCUT2D eigenvalue weighted by atomic mass is 10.1. The SMILES string of the molecule is COc1ccc(O)c(C(=O)Nc2ccc(N)c(C)c2)c1. The number of carbonyl (C=O) groups is 1. The van der Waals surface area contributed by atoms with Gasteiger partial charge in [-0.05, 0) is 48.9 Å². The Morgan fingerprint density at radius 3 is 2.65 bits per heavy atom. The zero-order valence-electron chi connectivity index (χ0n) is 11.3. The smallest absolute Gasteiger partial charge is 0.259 e. The zero-order chi connectivity index (χ0) is 14.7. The van der Waals surface area contributed by atoms with Crippen LogP contribution in [0.5, 0.6) is 11.5 Å². The number of aryl methyl sites for hydroxylation is 1. The van der Waals surface area contributed by atoms with E-state index in [0.717, 1.165) is 5.56 Å². The van der Waals surface area contributed by atoms with Crippen molar-refractivity contribution in [3.8, 4) is 11.5 Å². The van der Waals surface area contributed by atoms with Crippen LogP contribution in [0, 0.1) is 6.92 Å². The number of rotatable bonds is 3. The van der Waals surface area contributed by atoms with Crippen molar-refractivity contribution in [2.75, 3.05) is 18.2 Å².